The van der Waals surface area contributed by atoms with Crippen LogP contribution >= 0.6 is 0 Å². The lowest BCUT2D eigenvalue weighted by atomic mass is 9.81. The standard InChI is InChI=1S/C16H30O2/c1-2-3-4-5-9-12-15(16(17)18)13-14-10-7-6-8-11-14/h14-15H,2-13H2,1H3,(H,17,18). The van der Waals surface area contributed by atoms with Gasteiger partial charge in [0.2, 0.25) is 0 Å². The molecule has 18 heavy (non-hydrogen) atoms. The molecule has 106 valence electrons. The van der Waals surface area contributed by atoms with Gasteiger partial charge in [-0.15, -0.1) is 0 Å². The zero-order valence-corrected chi connectivity index (χ0v) is 12.0. The molecule has 0 heterocycles. The largest absolute Gasteiger partial charge is 0.481 e. The Kier molecular flexibility index (Phi) is 8.11. The van der Waals surface area contributed by atoms with Gasteiger partial charge >= 0.3 is 5.97 Å². The maximum absolute atomic E-state index is 11.3. The van der Waals surface area contributed by atoms with Crippen LogP contribution in [0.4, 0.5) is 0 Å². The van der Waals surface area contributed by atoms with Crippen LogP contribution in [0, 0.1) is 11.8 Å². The van der Waals surface area contributed by atoms with E-state index in [-0.39, 0.29) is 5.92 Å². The van der Waals surface area contributed by atoms with E-state index in [9.17, 15) is 9.90 Å². The lowest BCUT2D eigenvalue weighted by Crippen LogP contribution is -2.19. The maximum atomic E-state index is 11.3. The van der Waals surface area contributed by atoms with Crippen LogP contribution in [0.3, 0.4) is 0 Å². The third-order valence-corrected chi connectivity index (χ3v) is 4.35. The first kappa shape index (κ1) is 15.5. The molecule has 0 aliphatic heterocycles. The number of rotatable bonds is 9. The molecule has 0 aromatic rings. The molecule has 0 aromatic carbocycles. The van der Waals surface area contributed by atoms with Crippen LogP contribution < -0.4 is 0 Å². The molecule has 2 heteroatoms. The van der Waals surface area contributed by atoms with E-state index in [1.807, 2.05) is 0 Å². The molecule has 0 amide bonds. The topological polar surface area (TPSA) is 37.3 Å². The Balaban J connectivity index is 2.19. The fraction of sp³-hybridized carbons (Fsp3) is 0.938. The average molecular weight is 254 g/mol. The van der Waals surface area contributed by atoms with Gasteiger partial charge in [-0.2, -0.15) is 0 Å². The molecule has 0 aromatic heterocycles. The molecule has 0 saturated heterocycles. The van der Waals surface area contributed by atoms with Gasteiger partial charge in [0.05, 0.1) is 5.92 Å². The van der Waals surface area contributed by atoms with Crippen molar-refractivity contribution >= 4 is 5.97 Å². The van der Waals surface area contributed by atoms with Gasteiger partial charge in [0.15, 0.2) is 0 Å². The van der Waals surface area contributed by atoms with Crippen LogP contribution in [0.1, 0.15) is 84.0 Å². The highest BCUT2D eigenvalue weighted by Gasteiger charge is 2.23. The van der Waals surface area contributed by atoms with E-state index in [4.69, 9.17) is 0 Å². The lowest BCUT2D eigenvalue weighted by Gasteiger charge is -2.24. The molecular weight excluding hydrogens is 224 g/mol. The van der Waals surface area contributed by atoms with Crippen molar-refractivity contribution in [3.8, 4) is 0 Å². The van der Waals surface area contributed by atoms with E-state index in [0.717, 1.165) is 19.3 Å². The second-order valence-corrected chi connectivity index (χ2v) is 5.98. The molecule has 0 bridgehead atoms. The molecule has 1 unspecified atom stereocenters. The zero-order valence-electron chi connectivity index (χ0n) is 12.0. The molecule has 0 radical (unpaired) electrons. The Bertz CT molecular complexity index is 219. The Morgan fingerprint density at radius 3 is 2.39 bits per heavy atom. The van der Waals surface area contributed by atoms with Gasteiger partial charge in [-0.05, 0) is 18.8 Å². The second-order valence-electron chi connectivity index (χ2n) is 5.98. The first-order valence-electron chi connectivity index (χ1n) is 7.96. The molecule has 1 rings (SSSR count). The van der Waals surface area contributed by atoms with Gasteiger partial charge in [-0.25, -0.2) is 0 Å². The summed E-state index contributed by atoms with van der Waals surface area (Å²) in [7, 11) is 0. The quantitative estimate of drug-likeness (QED) is 0.587. The van der Waals surface area contributed by atoms with Gasteiger partial charge in [0.25, 0.3) is 0 Å². The number of hydrogen-bond donors (Lipinski definition) is 1. The fourth-order valence-electron chi connectivity index (χ4n) is 3.16. The first-order valence-corrected chi connectivity index (χ1v) is 7.96. The normalized spacial score (nSPS) is 18.7. The summed E-state index contributed by atoms with van der Waals surface area (Å²) in [6.07, 6.45) is 14.5. The fourth-order valence-corrected chi connectivity index (χ4v) is 3.16. The van der Waals surface area contributed by atoms with Crippen molar-refractivity contribution in [3.05, 3.63) is 0 Å². The van der Waals surface area contributed by atoms with Crippen LogP contribution in [-0.4, -0.2) is 11.1 Å². The molecule has 1 fully saturated rings. The van der Waals surface area contributed by atoms with E-state index in [1.165, 1.54) is 57.8 Å². The Hall–Kier alpha value is -0.530. The third kappa shape index (κ3) is 6.42. The predicted molar refractivity (Wildman–Crippen MR) is 75.7 cm³/mol. The Labute approximate surface area is 112 Å². The second kappa shape index (κ2) is 9.41. The summed E-state index contributed by atoms with van der Waals surface area (Å²) in [6, 6.07) is 0. The van der Waals surface area contributed by atoms with Crippen molar-refractivity contribution in [2.75, 3.05) is 0 Å². The van der Waals surface area contributed by atoms with Crippen molar-refractivity contribution in [2.24, 2.45) is 11.8 Å². The summed E-state index contributed by atoms with van der Waals surface area (Å²) in [5, 5.41) is 9.31. The molecule has 1 atom stereocenters. The van der Waals surface area contributed by atoms with Crippen LogP contribution in [0.5, 0.6) is 0 Å². The summed E-state index contributed by atoms with van der Waals surface area (Å²) in [5.41, 5.74) is 0. The molecule has 1 aliphatic carbocycles. The number of carboxylic acid groups (broad SMARTS) is 1. The minimum absolute atomic E-state index is 0.0743. The van der Waals surface area contributed by atoms with Crippen molar-refractivity contribution in [2.45, 2.75) is 84.0 Å². The average Bonchev–Trinajstić information content (AvgIpc) is 2.38. The highest BCUT2D eigenvalue weighted by molar-refractivity contribution is 5.69. The maximum Gasteiger partial charge on any atom is 0.306 e. The molecule has 1 saturated carbocycles. The van der Waals surface area contributed by atoms with Gasteiger partial charge in [0, 0.05) is 0 Å². The van der Waals surface area contributed by atoms with E-state index in [2.05, 4.69) is 6.92 Å². The molecular formula is C16H30O2. The van der Waals surface area contributed by atoms with Crippen LogP contribution in [0.2, 0.25) is 0 Å². The van der Waals surface area contributed by atoms with E-state index in [0.29, 0.717) is 5.92 Å². The number of carboxylic acids is 1. The van der Waals surface area contributed by atoms with Gasteiger partial charge in [-0.1, -0.05) is 71.1 Å². The van der Waals surface area contributed by atoms with Gasteiger partial charge in [-0.3, -0.25) is 4.79 Å². The third-order valence-electron chi connectivity index (χ3n) is 4.35. The molecule has 0 spiro atoms. The van der Waals surface area contributed by atoms with E-state index in [1.54, 1.807) is 0 Å². The van der Waals surface area contributed by atoms with E-state index >= 15 is 0 Å². The summed E-state index contributed by atoms with van der Waals surface area (Å²) in [5.74, 6) is 0.0567. The number of hydrogen-bond acceptors (Lipinski definition) is 1. The monoisotopic (exact) mass is 254 g/mol. The predicted octanol–water partition coefficient (Wildman–Crippen LogP) is 5.02. The van der Waals surface area contributed by atoms with Crippen LogP contribution in [0.25, 0.3) is 0 Å². The van der Waals surface area contributed by atoms with Crippen molar-refractivity contribution in [1.82, 2.24) is 0 Å². The minimum Gasteiger partial charge on any atom is -0.481 e. The number of carbonyl (C=O) groups is 1. The van der Waals surface area contributed by atoms with Gasteiger partial charge < -0.3 is 5.11 Å². The molecule has 1 aliphatic rings. The van der Waals surface area contributed by atoms with Gasteiger partial charge in [0.1, 0.15) is 0 Å². The highest BCUT2D eigenvalue weighted by Crippen LogP contribution is 2.31. The summed E-state index contributed by atoms with van der Waals surface area (Å²) >= 11 is 0. The van der Waals surface area contributed by atoms with Crippen LogP contribution in [-0.2, 0) is 4.79 Å². The molecule has 2 nitrogen and oxygen atoms in total. The SMILES string of the molecule is CCCCCCCC(CC1CCCCC1)C(=O)O. The number of aliphatic carboxylic acids is 1. The lowest BCUT2D eigenvalue weighted by molar-refractivity contribution is -0.142. The summed E-state index contributed by atoms with van der Waals surface area (Å²) in [6.45, 7) is 2.21. The minimum atomic E-state index is -0.559. The zero-order chi connectivity index (χ0) is 13.2. The first-order chi connectivity index (χ1) is 8.74. The molecule has 1 N–H and O–H groups in total. The Morgan fingerprint density at radius 2 is 1.78 bits per heavy atom. The highest BCUT2D eigenvalue weighted by atomic mass is 16.4. The van der Waals surface area contributed by atoms with Crippen molar-refractivity contribution in [3.63, 3.8) is 0 Å². The van der Waals surface area contributed by atoms with Crippen molar-refractivity contribution in [1.29, 1.82) is 0 Å². The summed E-state index contributed by atoms with van der Waals surface area (Å²) in [4.78, 5) is 11.3. The smallest absolute Gasteiger partial charge is 0.306 e. The van der Waals surface area contributed by atoms with E-state index < -0.39 is 5.97 Å². The number of unbranched alkanes of at least 4 members (excludes halogenated alkanes) is 4. The Morgan fingerprint density at radius 1 is 1.11 bits per heavy atom. The van der Waals surface area contributed by atoms with Crippen molar-refractivity contribution < 1.29 is 9.90 Å². The summed E-state index contributed by atoms with van der Waals surface area (Å²) < 4.78 is 0. The van der Waals surface area contributed by atoms with Crippen LogP contribution in [0.15, 0.2) is 0 Å².